The third kappa shape index (κ3) is 6.41. The first-order valence-corrected chi connectivity index (χ1v) is 14.9. The van der Waals surface area contributed by atoms with Gasteiger partial charge in [0.25, 0.3) is 0 Å². The summed E-state index contributed by atoms with van der Waals surface area (Å²) in [6, 6.07) is 10.4. The van der Waals surface area contributed by atoms with E-state index in [0.717, 1.165) is 55.5 Å². The van der Waals surface area contributed by atoms with Gasteiger partial charge < -0.3 is 14.3 Å². The van der Waals surface area contributed by atoms with Gasteiger partial charge in [-0.05, 0) is 99.5 Å². The molecule has 2 fully saturated rings. The van der Waals surface area contributed by atoms with Crippen LogP contribution in [0, 0.1) is 18.8 Å². The Morgan fingerprint density at radius 2 is 1.82 bits per heavy atom. The molecular formula is C33H43N3O4. The molecule has 0 aliphatic heterocycles. The summed E-state index contributed by atoms with van der Waals surface area (Å²) in [7, 11) is 1.72. The van der Waals surface area contributed by atoms with Crippen LogP contribution >= 0.6 is 0 Å². The van der Waals surface area contributed by atoms with Gasteiger partial charge in [0, 0.05) is 30.1 Å². The van der Waals surface area contributed by atoms with E-state index in [-0.39, 0.29) is 23.8 Å². The van der Waals surface area contributed by atoms with Crippen molar-refractivity contribution in [3.8, 4) is 17.0 Å². The van der Waals surface area contributed by atoms with E-state index in [1.807, 2.05) is 17.0 Å². The number of aliphatic hydroxyl groups excluding tert-OH is 1. The number of carbonyl (C=O) groups excluding carboxylic acids is 1. The summed E-state index contributed by atoms with van der Waals surface area (Å²) < 4.78 is 11.1. The van der Waals surface area contributed by atoms with Crippen LogP contribution in [0.3, 0.4) is 0 Å². The van der Waals surface area contributed by atoms with Crippen LogP contribution in [0.15, 0.2) is 47.2 Å². The Hall–Kier alpha value is -3.19. The van der Waals surface area contributed by atoms with E-state index in [1.54, 1.807) is 19.6 Å². The van der Waals surface area contributed by atoms with Gasteiger partial charge in [-0.15, -0.1) is 0 Å². The van der Waals surface area contributed by atoms with Crippen molar-refractivity contribution in [2.45, 2.75) is 90.1 Å². The second kappa shape index (κ2) is 12.5. The van der Waals surface area contributed by atoms with E-state index in [0.29, 0.717) is 42.9 Å². The molecule has 3 aromatic rings. The lowest BCUT2D eigenvalue weighted by Gasteiger charge is -2.35. The number of methoxy groups -OCH3 is 1. The highest BCUT2D eigenvalue weighted by Crippen LogP contribution is 2.39. The molecule has 2 saturated carbocycles. The molecule has 0 unspecified atom stereocenters. The zero-order valence-electron chi connectivity index (χ0n) is 24.3. The Morgan fingerprint density at radius 1 is 1.07 bits per heavy atom. The average Bonchev–Trinajstić information content (AvgIpc) is 3.47. The smallest absolute Gasteiger partial charge is 0.231 e. The third-order valence-electron chi connectivity index (χ3n) is 8.82. The minimum absolute atomic E-state index is 0.0768. The Bertz CT molecular complexity index is 1290. The molecule has 7 heteroatoms. The van der Waals surface area contributed by atoms with Crippen molar-refractivity contribution < 1.29 is 19.1 Å². The molecule has 214 valence electrons. The van der Waals surface area contributed by atoms with Crippen molar-refractivity contribution in [2.75, 3.05) is 18.6 Å². The first-order chi connectivity index (χ1) is 19.3. The lowest BCUT2D eigenvalue weighted by molar-refractivity contribution is -0.124. The minimum Gasteiger partial charge on any atom is -0.496 e. The maximum atomic E-state index is 14.0. The number of hydrogen-bond donors (Lipinski definition) is 1. The van der Waals surface area contributed by atoms with Crippen molar-refractivity contribution in [2.24, 2.45) is 11.8 Å². The summed E-state index contributed by atoms with van der Waals surface area (Å²) in [4.78, 5) is 25.2. The topological polar surface area (TPSA) is 88.7 Å². The van der Waals surface area contributed by atoms with E-state index in [4.69, 9.17) is 9.15 Å². The number of aryl methyl sites for hydroxylation is 1. The molecule has 1 amide bonds. The molecule has 2 aromatic heterocycles. The van der Waals surface area contributed by atoms with Crippen molar-refractivity contribution in [1.29, 1.82) is 0 Å². The molecule has 0 bridgehead atoms. The molecule has 2 heterocycles. The summed E-state index contributed by atoms with van der Waals surface area (Å²) in [5.74, 6) is 3.52. The zero-order chi connectivity index (χ0) is 28.2. The normalized spacial score (nSPS) is 23.2. The predicted octanol–water partition coefficient (Wildman–Crippen LogP) is 7.04. The molecule has 0 radical (unpaired) electrons. The van der Waals surface area contributed by atoms with Crippen LogP contribution in [0.2, 0.25) is 0 Å². The van der Waals surface area contributed by atoms with Crippen molar-refractivity contribution in [3.05, 3.63) is 59.8 Å². The van der Waals surface area contributed by atoms with Gasteiger partial charge in [-0.25, -0.2) is 9.97 Å². The fraction of sp³-hybridized carbons (Fsp3) is 0.545. The molecule has 7 nitrogen and oxygen atoms in total. The number of aromatic nitrogens is 2. The van der Waals surface area contributed by atoms with Crippen molar-refractivity contribution in [3.63, 3.8) is 0 Å². The number of oxazole rings is 1. The first kappa shape index (κ1) is 28.3. The van der Waals surface area contributed by atoms with Crippen LogP contribution in [-0.2, 0) is 4.79 Å². The number of pyridine rings is 1. The summed E-state index contributed by atoms with van der Waals surface area (Å²) in [6.07, 6.45) is 10.3. The minimum atomic E-state index is -0.293. The van der Waals surface area contributed by atoms with Crippen LogP contribution in [0.25, 0.3) is 11.3 Å². The Balaban J connectivity index is 1.33. The third-order valence-corrected chi connectivity index (χ3v) is 8.82. The lowest BCUT2D eigenvalue weighted by atomic mass is 9.78. The van der Waals surface area contributed by atoms with Crippen LogP contribution in [-0.4, -0.2) is 40.7 Å². The van der Waals surface area contributed by atoms with Gasteiger partial charge in [0.2, 0.25) is 5.91 Å². The Labute approximate surface area is 238 Å². The molecule has 1 aromatic carbocycles. The number of hydrogen-bond acceptors (Lipinski definition) is 6. The SMILES string of the molecule is COc1ccc(C2CCC(CN(C(=O)C3CCC(O)CC3)c3cc(-c4coc(C(C)C)n4)ccn3)CC2)cc1C. The summed E-state index contributed by atoms with van der Waals surface area (Å²) in [6.45, 7) is 6.88. The average molecular weight is 546 g/mol. The van der Waals surface area contributed by atoms with E-state index in [2.05, 4.69) is 48.9 Å². The maximum absolute atomic E-state index is 14.0. The molecule has 2 aliphatic rings. The van der Waals surface area contributed by atoms with E-state index in [1.165, 1.54) is 11.1 Å². The number of carbonyl (C=O) groups is 1. The van der Waals surface area contributed by atoms with Crippen molar-refractivity contribution >= 4 is 11.7 Å². The fourth-order valence-electron chi connectivity index (χ4n) is 6.34. The highest BCUT2D eigenvalue weighted by molar-refractivity contribution is 5.94. The molecule has 2 aliphatic carbocycles. The van der Waals surface area contributed by atoms with E-state index in [9.17, 15) is 9.90 Å². The summed E-state index contributed by atoms with van der Waals surface area (Å²) >= 11 is 0. The molecule has 5 rings (SSSR count). The number of anilines is 1. The van der Waals surface area contributed by atoms with Gasteiger partial charge in [-0.1, -0.05) is 26.0 Å². The second-order valence-corrected chi connectivity index (χ2v) is 12.0. The van der Waals surface area contributed by atoms with Crippen LogP contribution in [0.1, 0.15) is 94.1 Å². The predicted molar refractivity (Wildman–Crippen MR) is 157 cm³/mol. The largest absolute Gasteiger partial charge is 0.496 e. The van der Waals surface area contributed by atoms with Crippen LogP contribution in [0.5, 0.6) is 5.75 Å². The maximum Gasteiger partial charge on any atom is 0.231 e. The molecule has 40 heavy (non-hydrogen) atoms. The number of nitrogens with zero attached hydrogens (tertiary/aromatic N) is 3. The van der Waals surface area contributed by atoms with Gasteiger partial charge in [-0.3, -0.25) is 9.69 Å². The second-order valence-electron chi connectivity index (χ2n) is 12.0. The molecule has 0 saturated heterocycles. The lowest BCUT2D eigenvalue weighted by Crippen LogP contribution is -2.42. The molecule has 0 spiro atoms. The Kier molecular flexibility index (Phi) is 8.89. The number of rotatable bonds is 8. The Morgan fingerprint density at radius 3 is 2.48 bits per heavy atom. The zero-order valence-corrected chi connectivity index (χ0v) is 24.3. The van der Waals surface area contributed by atoms with Gasteiger partial charge in [0.05, 0.1) is 13.2 Å². The molecular weight excluding hydrogens is 502 g/mol. The highest BCUT2D eigenvalue weighted by atomic mass is 16.5. The number of aliphatic hydroxyl groups is 1. The van der Waals surface area contributed by atoms with E-state index < -0.39 is 0 Å². The van der Waals surface area contributed by atoms with Gasteiger partial charge in [-0.2, -0.15) is 0 Å². The van der Waals surface area contributed by atoms with E-state index >= 15 is 0 Å². The molecule has 0 atom stereocenters. The summed E-state index contributed by atoms with van der Waals surface area (Å²) in [5.41, 5.74) is 4.22. The molecule has 1 N–H and O–H groups in total. The van der Waals surface area contributed by atoms with Crippen LogP contribution < -0.4 is 9.64 Å². The van der Waals surface area contributed by atoms with Gasteiger partial charge in [0.1, 0.15) is 23.5 Å². The van der Waals surface area contributed by atoms with Crippen molar-refractivity contribution in [1.82, 2.24) is 9.97 Å². The van der Waals surface area contributed by atoms with Crippen LogP contribution in [0.4, 0.5) is 5.82 Å². The highest BCUT2D eigenvalue weighted by Gasteiger charge is 2.33. The quantitative estimate of drug-likeness (QED) is 0.327. The monoisotopic (exact) mass is 545 g/mol. The first-order valence-electron chi connectivity index (χ1n) is 14.9. The van der Waals surface area contributed by atoms with Gasteiger partial charge >= 0.3 is 0 Å². The fourth-order valence-corrected chi connectivity index (χ4v) is 6.34. The standard InChI is InChI=1S/C33H43N3O4/c1-21(2)32-35-29(20-40-32)27-15-16-34-31(18-27)36(33(38)25-9-12-28(37)13-10-25)19-23-5-7-24(8-6-23)26-11-14-30(39-4)22(3)17-26/h11,14-18,20-21,23-25,28,37H,5-10,12-13,19H2,1-4H3. The number of benzene rings is 1. The number of amides is 1. The van der Waals surface area contributed by atoms with Gasteiger partial charge in [0.15, 0.2) is 5.89 Å². The number of ether oxygens (including phenoxy) is 1. The summed E-state index contributed by atoms with van der Waals surface area (Å²) in [5, 5.41) is 10.0.